The standard InChI is InChI=1S/C14H16N2/c1-9-4-5-12-11-6-7-15-8-13(11)16(3)14(12)10(9)2/h4-8,12,14H,1-3H3. The predicted octanol–water partition coefficient (Wildman–Crippen LogP) is 2.89. The number of fused-ring (bicyclic) bond motifs is 3. The largest absolute Gasteiger partial charge is 0.365 e. The van der Waals surface area contributed by atoms with Gasteiger partial charge < -0.3 is 4.90 Å². The molecule has 0 saturated heterocycles. The summed E-state index contributed by atoms with van der Waals surface area (Å²) in [7, 11) is 2.17. The first kappa shape index (κ1) is 9.64. The summed E-state index contributed by atoms with van der Waals surface area (Å²) in [4.78, 5) is 6.58. The smallest absolute Gasteiger partial charge is 0.0606 e. The molecule has 0 bridgehead atoms. The fraction of sp³-hybridized carbons (Fsp3) is 0.357. The van der Waals surface area contributed by atoms with E-state index in [-0.39, 0.29) is 0 Å². The fourth-order valence-corrected chi connectivity index (χ4v) is 2.92. The molecule has 0 spiro atoms. The van der Waals surface area contributed by atoms with Gasteiger partial charge in [-0.05, 0) is 31.1 Å². The predicted molar refractivity (Wildman–Crippen MR) is 66.7 cm³/mol. The molecule has 3 rings (SSSR count). The van der Waals surface area contributed by atoms with Crippen LogP contribution in [0.2, 0.25) is 0 Å². The Morgan fingerprint density at radius 1 is 1.31 bits per heavy atom. The highest BCUT2D eigenvalue weighted by molar-refractivity contribution is 5.65. The Balaban J connectivity index is 2.17. The molecular weight excluding hydrogens is 196 g/mol. The zero-order chi connectivity index (χ0) is 11.3. The SMILES string of the molecule is CC1=C(C)C2C(C=C1)c1ccncc1N2C. The molecule has 82 valence electrons. The van der Waals surface area contributed by atoms with Gasteiger partial charge in [0.2, 0.25) is 0 Å². The van der Waals surface area contributed by atoms with Crippen LogP contribution in [0, 0.1) is 0 Å². The van der Waals surface area contributed by atoms with Crippen molar-refractivity contribution in [3.8, 4) is 0 Å². The Morgan fingerprint density at radius 3 is 2.94 bits per heavy atom. The summed E-state index contributed by atoms with van der Waals surface area (Å²) >= 11 is 0. The number of hydrogen-bond acceptors (Lipinski definition) is 2. The molecule has 0 amide bonds. The van der Waals surface area contributed by atoms with Crippen molar-refractivity contribution in [1.29, 1.82) is 0 Å². The summed E-state index contributed by atoms with van der Waals surface area (Å²) in [6, 6.07) is 2.64. The van der Waals surface area contributed by atoms with Gasteiger partial charge >= 0.3 is 0 Å². The van der Waals surface area contributed by atoms with Gasteiger partial charge in [0.15, 0.2) is 0 Å². The summed E-state index contributed by atoms with van der Waals surface area (Å²) in [6.45, 7) is 4.43. The molecule has 2 heterocycles. The van der Waals surface area contributed by atoms with Crippen LogP contribution in [0.1, 0.15) is 25.3 Å². The average Bonchev–Trinajstić information content (AvgIpc) is 2.59. The molecule has 2 aliphatic rings. The van der Waals surface area contributed by atoms with Crippen molar-refractivity contribution in [2.24, 2.45) is 0 Å². The van der Waals surface area contributed by atoms with Gasteiger partial charge in [-0.25, -0.2) is 0 Å². The van der Waals surface area contributed by atoms with E-state index in [0.717, 1.165) is 0 Å². The second-order valence-electron chi connectivity index (χ2n) is 4.74. The lowest BCUT2D eigenvalue weighted by Crippen LogP contribution is -2.32. The Bertz CT molecular complexity index is 499. The molecule has 16 heavy (non-hydrogen) atoms. The summed E-state index contributed by atoms with van der Waals surface area (Å²) in [5, 5.41) is 0. The lowest BCUT2D eigenvalue weighted by molar-refractivity contribution is 0.678. The van der Waals surface area contributed by atoms with Gasteiger partial charge in [-0.2, -0.15) is 0 Å². The molecule has 2 nitrogen and oxygen atoms in total. The zero-order valence-corrected chi connectivity index (χ0v) is 9.94. The lowest BCUT2D eigenvalue weighted by atomic mass is 9.84. The highest BCUT2D eigenvalue weighted by atomic mass is 15.2. The Morgan fingerprint density at radius 2 is 2.12 bits per heavy atom. The first-order chi connectivity index (χ1) is 7.70. The van der Waals surface area contributed by atoms with Gasteiger partial charge in [0, 0.05) is 19.2 Å². The van der Waals surface area contributed by atoms with E-state index in [4.69, 9.17) is 0 Å². The van der Waals surface area contributed by atoms with E-state index in [9.17, 15) is 0 Å². The van der Waals surface area contributed by atoms with E-state index in [1.165, 1.54) is 22.4 Å². The van der Waals surface area contributed by atoms with Gasteiger partial charge in [0.1, 0.15) is 0 Å². The maximum atomic E-state index is 4.23. The van der Waals surface area contributed by atoms with Gasteiger partial charge in [0.25, 0.3) is 0 Å². The van der Waals surface area contributed by atoms with Crippen molar-refractivity contribution in [3.63, 3.8) is 0 Å². The molecule has 2 atom stereocenters. The monoisotopic (exact) mass is 212 g/mol. The maximum Gasteiger partial charge on any atom is 0.0606 e. The van der Waals surface area contributed by atoms with Crippen molar-refractivity contribution in [2.45, 2.75) is 25.8 Å². The van der Waals surface area contributed by atoms with Crippen LogP contribution in [0.3, 0.4) is 0 Å². The number of allylic oxidation sites excluding steroid dienone is 2. The van der Waals surface area contributed by atoms with Gasteiger partial charge in [-0.3, -0.25) is 4.98 Å². The van der Waals surface area contributed by atoms with Gasteiger partial charge in [-0.1, -0.05) is 17.7 Å². The van der Waals surface area contributed by atoms with Gasteiger partial charge in [0.05, 0.1) is 17.9 Å². The Kier molecular flexibility index (Phi) is 1.93. The molecule has 0 radical (unpaired) electrons. The van der Waals surface area contributed by atoms with E-state index < -0.39 is 0 Å². The first-order valence-corrected chi connectivity index (χ1v) is 5.72. The molecular formula is C14H16N2. The molecule has 2 heteroatoms. The number of anilines is 1. The van der Waals surface area contributed by atoms with Crippen LogP contribution in [-0.2, 0) is 0 Å². The van der Waals surface area contributed by atoms with Crippen LogP contribution in [0.5, 0.6) is 0 Å². The summed E-state index contributed by atoms with van der Waals surface area (Å²) in [5.74, 6) is 0.506. The third-order valence-electron chi connectivity index (χ3n) is 3.95. The molecule has 1 aromatic heterocycles. The normalized spacial score (nSPS) is 27.1. The third kappa shape index (κ3) is 1.10. The molecule has 2 unspecified atom stereocenters. The minimum atomic E-state index is 0.490. The molecule has 0 saturated carbocycles. The Hall–Kier alpha value is -1.57. The van der Waals surface area contributed by atoms with Crippen LogP contribution in [0.4, 0.5) is 5.69 Å². The van der Waals surface area contributed by atoms with E-state index in [1.807, 2.05) is 12.4 Å². The highest BCUT2D eigenvalue weighted by Crippen LogP contribution is 2.45. The lowest BCUT2D eigenvalue weighted by Gasteiger charge is -2.30. The summed E-state index contributed by atoms with van der Waals surface area (Å²) in [5.41, 5.74) is 5.56. The van der Waals surface area contributed by atoms with E-state index in [1.54, 1.807) is 0 Å². The van der Waals surface area contributed by atoms with Gasteiger partial charge in [-0.15, -0.1) is 0 Å². The number of aromatic nitrogens is 1. The number of hydrogen-bond donors (Lipinski definition) is 0. The topological polar surface area (TPSA) is 16.1 Å². The first-order valence-electron chi connectivity index (χ1n) is 5.72. The van der Waals surface area contributed by atoms with Crippen LogP contribution in [0.15, 0.2) is 41.8 Å². The molecule has 1 aromatic rings. The van der Waals surface area contributed by atoms with Crippen LogP contribution >= 0.6 is 0 Å². The van der Waals surface area contributed by atoms with E-state index in [2.05, 4.69) is 49.0 Å². The summed E-state index contributed by atoms with van der Waals surface area (Å²) < 4.78 is 0. The van der Waals surface area contributed by atoms with Crippen LogP contribution < -0.4 is 4.90 Å². The fourth-order valence-electron chi connectivity index (χ4n) is 2.92. The van der Waals surface area contributed by atoms with E-state index in [0.29, 0.717) is 12.0 Å². The Labute approximate surface area is 96.3 Å². The van der Waals surface area contributed by atoms with Crippen molar-refractivity contribution in [3.05, 3.63) is 47.3 Å². The average molecular weight is 212 g/mol. The zero-order valence-electron chi connectivity index (χ0n) is 9.94. The number of pyridine rings is 1. The van der Waals surface area contributed by atoms with Crippen LogP contribution in [-0.4, -0.2) is 18.1 Å². The molecule has 1 aliphatic heterocycles. The minimum Gasteiger partial charge on any atom is -0.365 e. The molecule has 1 aliphatic carbocycles. The molecule has 0 aromatic carbocycles. The van der Waals surface area contributed by atoms with Crippen LogP contribution in [0.25, 0.3) is 0 Å². The highest BCUT2D eigenvalue weighted by Gasteiger charge is 2.37. The molecule has 0 N–H and O–H groups in total. The number of likely N-dealkylation sites (N-methyl/N-ethyl adjacent to an activating group) is 1. The van der Waals surface area contributed by atoms with Crippen molar-refractivity contribution >= 4 is 5.69 Å². The summed E-state index contributed by atoms with van der Waals surface area (Å²) in [6.07, 6.45) is 8.45. The maximum absolute atomic E-state index is 4.23. The minimum absolute atomic E-state index is 0.490. The second kappa shape index (κ2) is 3.21. The quantitative estimate of drug-likeness (QED) is 0.657. The van der Waals surface area contributed by atoms with Crippen molar-refractivity contribution in [2.75, 3.05) is 11.9 Å². The number of rotatable bonds is 0. The third-order valence-corrected chi connectivity index (χ3v) is 3.95. The van der Waals surface area contributed by atoms with Crippen molar-refractivity contribution < 1.29 is 0 Å². The number of nitrogens with zero attached hydrogens (tertiary/aromatic N) is 2. The van der Waals surface area contributed by atoms with E-state index >= 15 is 0 Å². The molecule has 0 fully saturated rings. The second-order valence-corrected chi connectivity index (χ2v) is 4.74. The van der Waals surface area contributed by atoms with Crippen molar-refractivity contribution in [1.82, 2.24) is 4.98 Å².